The summed E-state index contributed by atoms with van der Waals surface area (Å²) in [5.74, 6) is 2.61. The minimum Gasteiger partial charge on any atom is -0.323 e. The van der Waals surface area contributed by atoms with E-state index in [2.05, 4.69) is 50.2 Å². The van der Waals surface area contributed by atoms with E-state index in [1.54, 1.807) is 4.68 Å². The first-order chi connectivity index (χ1) is 8.04. The maximum atomic E-state index is 4.44. The molecule has 0 aliphatic heterocycles. The van der Waals surface area contributed by atoms with Crippen molar-refractivity contribution in [2.24, 2.45) is 7.05 Å². The molecule has 2 rings (SSSR count). The van der Waals surface area contributed by atoms with Gasteiger partial charge in [-0.1, -0.05) is 13.8 Å². The molecular weight excluding hydrogens is 282 g/mol. The normalized spacial score (nSPS) is 10.9. The third-order valence-corrected chi connectivity index (χ3v) is 2.60. The molecule has 0 saturated carbocycles. The van der Waals surface area contributed by atoms with E-state index in [1.807, 2.05) is 25.4 Å². The number of hydrogen-bond acceptors (Lipinski definition) is 4. The Bertz CT molecular complexity index is 520. The number of aryl methyl sites for hydroxylation is 1. The highest BCUT2D eigenvalue weighted by atomic mass is 79.9. The topological polar surface area (TPSA) is 55.6 Å². The molecule has 0 bridgehead atoms. The van der Waals surface area contributed by atoms with Crippen molar-refractivity contribution in [3.63, 3.8) is 0 Å². The number of nitrogens with one attached hydrogen (secondary N) is 1. The molecule has 90 valence electrons. The highest BCUT2D eigenvalue weighted by Crippen LogP contribution is 2.19. The molecule has 0 radical (unpaired) electrons. The molecule has 17 heavy (non-hydrogen) atoms. The summed E-state index contributed by atoms with van der Waals surface area (Å²) < 4.78 is 2.51. The molecule has 2 heterocycles. The molecule has 6 heteroatoms. The molecule has 5 nitrogen and oxygen atoms in total. The number of anilines is 2. The summed E-state index contributed by atoms with van der Waals surface area (Å²) in [5, 5.41) is 7.39. The van der Waals surface area contributed by atoms with Crippen molar-refractivity contribution in [1.29, 1.82) is 0 Å². The van der Waals surface area contributed by atoms with Gasteiger partial charge in [0.1, 0.15) is 16.2 Å². The predicted octanol–water partition coefficient (Wildman–Crippen LogP) is 2.84. The molecule has 2 aromatic heterocycles. The van der Waals surface area contributed by atoms with Crippen LogP contribution in [0.2, 0.25) is 0 Å². The van der Waals surface area contributed by atoms with Crippen LogP contribution in [-0.2, 0) is 7.05 Å². The molecule has 0 unspecified atom stereocenters. The zero-order chi connectivity index (χ0) is 12.4. The van der Waals surface area contributed by atoms with Crippen LogP contribution in [0.15, 0.2) is 22.9 Å². The van der Waals surface area contributed by atoms with E-state index < -0.39 is 0 Å². The molecule has 0 aromatic carbocycles. The van der Waals surface area contributed by atoms with Crippen LogP contribution in [0.25, 0.3) is 0 Å². The summed E-state index contributed by atoms with van der Waals surface area (Å²) in [6, 6.07) is 3.73. The van der Waals surface area contributed by atoms with Gasteiger partial charge in [0.25, 0.3) is 0 Å². The second kappa shape index (κ2) is 4.83. The molecule has 1 N–H and O–H groups in total. The molecule has 0 saturated heterocycles. The van der Waals surface area contributed by atoms with Crippen molar-refractivity contribution in [2.45, 2.75) is 19.8 Å². The van der Waals surface area contributed by atoms with E-state index in [0.29, 0.717) is 0 Å². The van der Waals surface area contributed by atoms with Gasteiger partial charge in [-0.15, -0.1) is 0 Å². The van der Waals surface area contributed by atoms with Crippen LogP contribution in [0.4, 0.5) is 11.6 Å². The van der Waals surface area contributed by atoms with Crippen molar-refractivity contribution in [3.8, 4) is 0 Å². The van der Waals surface area contributed by atoms with Crippen molar-refractivity contribution >= 4 is 27.6 Å². The summed E-state index contributed by atoms with van der Waals surface area (Å²) in [6.45, 7) is 4.12. The molecule has 0 amide bonds. The average Bonchev–Trinajstić information content (AvgIpc) is 2.63. The van der Waals surface area contributed by atoms with E-state index in [9.17, 15) is 0 Å². The standard InChI is InChI=1S/C11H14BrN5/c1-7(2)11-13-8(12)6-10(15-11)14-9-4-5-17(3)16-9/h4-7H,1-3H3,(H,13,14,15,16). The number of rotatable bonds is 3. The van der Waals surface area contributed by atoms with Crippen LogP contribution >= 0.6 is 15.9 Å². The monoisotopic (exact) mass is 295 g/mol. The van der Waals surface area contributed by atoms with Crippen LogP contribution in [0, 0.1) is 0 Å². The Morgan fingerprint density at radius 3 is 2.65 bits per heavy atom. The van der Waals surface area contributed by atoms with Crippen LogP contribution in [0.5, 0.6) is 0 Å². The number of aromatic nitrogens is 4. The van der Waals surface area contributed by atoms with Gasteiger partial charge in [-0.2, -0.15) is 5.10 Å². The third-order valence-electron chi connectivity index (χ3n) is 2.20. The SMILES string of the molecule is CC(C)c1nc(Br)cc(Nc2ccn(C)n2)n1. The summed E-state index contributed by atoms with van der Waals surface area (Å²) in [4.78, 5) is 8.76. The molecule has 0 fully saturated rings. The number of nitrogens with zero attached hydrogens (tertiary/aromatic N) is 4. The number of hydrogen-bond donors (Lipinski definition) is 1. The van der Waals surface area contributed by atoms with Crippen molar-refractivity contribution in [1.82, 2.24) is 19.7 Å². The smallest absolute Gasteiger partial charge is 0.153 e. The number of halogens is 1. The maximum absolute atomic E-state index is 4.44. The van der Waals surface area contributed by atoms with Crippen molar-refractivity contribution in [2.75, 3.05) is 5.32 Å². The fourth-order valence-electron chi connectivity index (χ4n) is 1.37. The Balaban J connectivity index is 2.26. The molecule has 0 spiro atoms. The summed E-state index contributed by atoms with van der Waals surface area (Å²) in [6.07, 6.45) is 1.88. The van der Waals surface area contributed by atoms with Gasteiger partial charge in [-0.25, -0.2) is 9.97 Å². The van der Waals surface area contributed by atoms with Crippen LogP contribution in [0.3, 0.4) is 0 Å². The minimum atomic E-state index is 0.289. The Morgan fingerprint density at radius 2 is 2.06 bits per heavy atom. The van der Waals surface area contributed by atoms with Gasteiger partial charge in [0, 0.05) is 31.3 Å². The van der Waals surface area contributed by atoms with E-state index in [4.69, 9.17) is 0 Å². The fourth-order valence-corrected chi connectivity index (χ4v) is 1.77. The Hall–Kier alpha value is -1.43. The first-order valence-corrected chi connectivity index (χ1v) is 6.15. The lowest BCUT2D eigenvalue weighted by atomic mass is 10.2. The van der Waals surface area contributed by atoms with Gasteiger partial charge >= 0.3 is 0 Å². The Kier molecular flexibility index (Phi) is 3.42. The maximum Gasteiger partial charge on any atom is 0.153 e. The van der Waals surface area contributed by atoms with E-state index in [-0.39, 0.29) is 5.92 Å². The summed E-state index contributed by atoms with van der Waals surface area (Å²) in [7, 11) is 1.88. The first kappa shape index (κ1) is 12.0. The fraction of sp³-hybridized carbons (Fsp3) is 0.364. The zero-order valence-corrected chi connectivity index (χ0v) is 11.6. The molecule has 0 aliphatic rings. The van der Waals surface area contributed by atoms with E-state index >= 15 is 0 Å². The third kappa shape index (κ3) is 3.03. The highest BCUT2D eigenvalue weighted by molar-refractivity contribution is 9.10. The molecule has 2 aromatic rings. The van der Waals surface area contributed by atoms with Crippen LogP contribution in [0.1, 0.15) is 25.6 Å². The average molecular weight is 296 g/mol. The van der Waals surface area contributed by atoms with Gasteiger partial charge in [0.05, 0.1) is 0 Å². The Morgan fingerprint density at radius 1 is 1.29 bits per heavy atom. The molecule has 0 aliphatic carbocycles. The van der Waals surface area contributed by atoms with Gasteiger partial charge < -0.3 is 5.32 Å². The van der Waals surface area contributed by atoms with Crippen LogP contribution < -0.4 is 5.32 Å². The van der Waals surface area contributed by atoms with Crippen molar-refractivity contribution in [3.05, 3.63) is 28.8 Å². The lowest BCUT2D eigenvalue weighted by molar-refractivity contribution is 0.765. The highest BCUT2D eigenvalue weighted by Gasteiger charge is 2.07. The molecular formula is C11H14BrN5. The van der Waals surface area contributed by atoms with E-state index in [0.717, 1.165) is 22.1 Å². The lowest BCUT2D eigenvalue weighted by Crippen LogP contribution is -2.02. The van der Waals surface area contributed by atoms with Crippen LogP contribution in [-0.4, -0.2) is 19.7 Å². The van der Waals surface area contributed by atoms with Gasteiger partial charge in [0.2, 0.25) is 0 Å². The quantitative estimate of drug-likeness (QED) is 0.885. The van der Waals surface area contributed by atoms with Gasteiger partial charge in [0.15, 0.2) is 5.82 Å². The van der Waals surface area contributed by atoms with Gasteiger partial charge in [-0.05, 0) is 15.9 Å². The minimum absolute atomic E-state index is 0.289. The first-order valence-electron chi connectivity index (χ1n) is 5.36. The summed E-state index contributed by atoms with van der Waals surface area (Å²) in [5.41, 5.74) is 0. The summed E-state index contributed by atoms with van der Waals surface area (Å²) >= 11 is 3.38. The zero-order valence-electron chi connectivity index (χ0n) is 9.98. The second-order valence-corrected chi connectivity index (χ2v) is 4.90. The van der Waals surface area contributed by atoms with Crippen molar-refractivity contribution < 1.29 is 0 Å². The van der Waals surface area contributed by atoms with Gasteiger partial charge in [-0.3, -0.25) is 4.68 Å². The second-order valence-electron chi connectivity index (χ2n) is 4.09. The Labute approximate surface area is 108 Å². The molecule has 0 atom stereocenters. The lowest BCUT2D eigenvalue weighted by Gasteiger charge is -2.07. The van der Waals surface area contributed by atoms with E-state index in [1.165, 1.54) is 0 Å². The largest absolute Gasteiger partial charge is 0.323 e. The predicted molar refractivity (Wildman–Crippen MR) is 70.3 cm³/mol.